The number of ketones is 1. The number of nitrogens with one attached hydrogen (secondary N) is 2. The van der Waals surface area contributed by atoms with Gasteiger partial charge in [-0.2, -0.15) is 15.0 Å². The molecule has 2 N–H and O–H groups in total. The van der Waals surface area contributed by atoms with Crippen molar-refractivity contribution in [2.24, 2.45) is 0 Å². The Balaban J connectivity index is 1.39. The second kappa shape index (κ2) is 7.78. The van der Waals surface area contributed by atoms with E-state index in [0.717, 1.165) is 24.2 Å². The number of carbonyl (C=O) groups is 1. The first-order valence-electron chi connectivity index (χ1n) is 10.3. The van der Waals surface area contributed by atoms with Gasteiger partial charge in [0, 0.05) is 24.3 Å². The number of nitrogens with zero attached hydrogens (tertiary/aromatic N) is 6. The molecule has 0 bridgehead atoms. The van der Waals surface area contributed by atoms with Crippen molar-refractivity contribution in [1.29, 1.82) is 0 Å². The zero-order valence-electron chi connectivity index (χ0n) is 17.3. The fourth-order valence-corrected chi connectivity index (χ4v) is 4.39. The number of hydrogen-bond donors (Lipinski definition) is 2. The molecule has 2 aliphatic heterocycles. The minimum absolute atomic E-state index is 0.0640. The molecule has 0 radical (unpaired) electrons. The fourth-order valence-electron chi connectivity index (χ4n) is 4.39. The lowest BCUT2D eigenvalue weighted by Gasteiger charge is -2.53. The van der Waals surface area contributed by atoms with Gasteiger partial charge in [0.15, 0.2) is 5.78 Å². The van der Waals surface area contributed by atoms with Crippen LogP contribution in [-0.2, 0) is 0 Å². The van der Waals surface area contributed by atoms with Crippen molar-refractivity contribution in [3.8, 4) is 5.69 Å². The van der Waals surface area contributed by atoms with Crippen LogP contribution in [0.15, 0.2) is 36.7 Å². The molecule has 31 heavy (non-hydrogen) atoms. The van der Waals surface area contributed by atoms with Gasteiger partial charge in [0.1, 0.15) is 5.82 Å². The van der Waals surface area contributed by atoms with Crippen molar-refractivity contribution in [1.82, 2.24) is 35.4 Å². The van der Waals surface area contributed by atoms with Crippen LogP contribution in [0.25, 0.3) is 5.69 Å². The molecule has 0 spiro atoms. The lowest BCUT2D eigenvalue weighted by molar-refractivity contribution is -0.0766. The topological polar surface area (TPSA) is 101 Å². The number of rotatable bonds is 5. The van der Waals surface area contributed by atoms with E-state index in [-0.39, 0.29) is 17.4 Å². The third-order valence-corrected chi connectivity index (χ3v) is 5.93. The summed E-state index contributed by atoms with van der Waals surface area (Å²) >= 11 is 0. The summed E-state index contributed by atoms with van der Waals surface area (Å²) in [6, 6.07) is 6.03. The maximum Gasteiger partial charge on any atom is 0.222 e. The van der Waals surface area contributed by atoms with Crippen LogP contribution in [0.5, 0.6) is 0 Å². The van der Waals surface area contributed by atoms with Crippen LogP contribution in [-0.4, -0.2) is 54.9 Å². The Morgan fingerprint density at radius 2 is 2.00 bits per heavy atom. The van der Waals surface area contributed by atoms with Crippen LogP contribution in [0, 0.1) is 12.7 Å². The number of carbonyl (C=O) groups excluding carboxylic acids is 1. The molecule has 160 valence electrons. The third kappa shape index (κ3) is 3.57. The van der Waals surface area contributed by atoms with Gasteiger partial charge in [-0.25, -0.2) is 24.8 Å². The summed E-state index contributed by atoms with van der Waals surface area (Å²) in [7, 11) is 1.79. The molecule has 2 fully saturated rings. The molecule has 9 nitrogen and oxygen atoms in total. The Kier molecular flexibility index (Phi) is 4.95. The van der Waals surface area contributed by atoms with Crippen molar-refractivity contribution in [3.63, 3.8) is 0 Å². The second-order valence-electron chi connectivity index (χ2n) is 7.92. The first-order valence-corrected chi connectivity index (χ1v) is 10.3. The van der Waals surface area contributed by atoms with E-state index in [2.05, 4.69) is 35.9 Å². The molecule has 0 aliphatic carbocycles. The average Bonchev–Trinajstić information content (AvgIpc) is 3.28. The molecule has 0 amide bonds. The quantitative estimate of drug-likeness (QED) is 0.604. The number of hydrazine groups is 1. The second-order valence-corrected chi connectivity index (χ2v) is 7.92. The average molecular weight is 422 g/mol. The van der Waals surface area contributed by atoms with Crippen LogP contribution in [0.2, 0.25) is 0 Å². The summed E-state index contributed by atoms with van der Waals surface area (Å²) in [4.78, 5) is 23.7. The first kappa shape index (κ1) is 19.7. The van der Waals surface area contributed by atoms with E-state index in [1.165, 1.54) is 35.4 Å². The van der Waals surface area contributed by atoms with Gasteiger partial charge in [0.2, 0.25) is 5.95 Å². The Hall–Kier alpha value is -3.24. The largest absolute Gasteiger partial charge is 0.357 e. The van der Waals surface area contributed by atoms with E-state index in [4.69, 9.17) is 0 Å². The number of Topliss-reactive ketones (excluding diaryl/α,β-unsaturated/α-hetero) is 1. The van der Waals surface area contributed by atoms with Crippen molar-refractivity contribution < 1.29 is 9.18 Å². The van der Waals surface area contributed by atoms with Crippen molar-refractivity contribution >= 4 is 11.7 Å². The summed E-state index contributed by atoms with van der Waals surface area (Å²) in [5, 5.41) is 13.3. The van der Waals surface area contributed by atoms with Crippen LogP contribution in [0.3, 0.4) is 0 Å². The molecule has 3 aromatic rings. The van der Waals surface area contributed by atoms with E-state index in [9.17, 15) is 9.18 Å². The normalized spacial score (nSPS) is 23.1. The number of halogens is 1. The van der Waals surface area contributed by atoms with Crippen LogP contribution in [0.1, 0.15) is 47.1 Å². The fraction of sp³-hybridized carbons (Fsp3) is 0.381. The summed E-state index contributed by atoms with van der Waals surface area (Å²) in [5.74, 6) is -0.0595. The zero-order valence-corrected chi connectivity index (χ0v) is 17.3. The Morgan fingerprint density at radius 3 is 2.77 bits per heavy atom. The van der Waals surface area contributed by atoms with E-state index >= 15 is 0 Å². The molecule has 4 heterocycles. The van der Waals surface area contributed by atoms with Gasteiger partial charge < -0.3 is 5.32 Å². The maximum absolute atomic E-state index is 14.0. The van der Waals surface area contributed by atoms with Gasteiger partial charge >= 0.3 is 0 Å². The number of aromatic nitrogens is 5. The summed E-state index contributed by atoms with van der Waals surface area (Å²) in [6.45, 7) is 1.94. The molecule has 2 aliphatic rings. The molecule has 5 rings (SSSR count). The summed E-state index contributed by atoms with van der Waals surface area (Å²) in [6.07, 6.45) is 5.58. The first-order chi connectivity index (χ1) is 15.0. The molecular formula is C21H23FN8O. The highest BCUT2D eigenvalue weighted by molar-refractivity contribution is 6.03. The number of hydrogen-bond acceptors (Lipinski definition) is 8. The van der Waals surface area contributed by atoms with Crippen molar-refractivity contribution in [3.05, 3.63) is 59.4 Å². The van der Waals surface area contributed by atoms with Crippen LogP contribution < -0.4 is 10.7 Å². The molecule has 1 aromatic carbocycles. The number of benzene rings is 1. The predicted octanol–water partition coefficient (Wildman–Crippen LogP) is 2.21. The highest BCUT2D eigenvalue weighted by Crippen LogP contribution is 2.41. The summed E-state index contributed by atoms with van der Waals surface area (Å²) < 4.78 is 14.0. The summed E-state index contributed by atoms with van der Waals surface area (Å²) in [5.41, 5.74) is 5.91. The zero-order chi connectivity index (χ0) is 21.5. The van der Waals surface area contributed by atoms with E-state index in [0.29, 0.717) is 24.1 Å². The van der Waals surface area contributed by atoms with Gasteiger partial charge in [-0.15, -0.1) is 0 Å². The smallest absolute Gasteiger partial charge is 0.222 e. The standard InChI is InChI=1S/C21H23FN8O/c1-12-9-17(27-21(23-2)26-12)19-11-14-4-5-16(28-29(14)19)20(31)15-10-13(22)3-6-18(15)30-24-7-8-25-30/h3,6-10,14,16,19,28H,4-5,11H2,1-2H3,(H,23,26,27)/t14-,16?,19?/m0/s1. The van der Waals surface area contributed by atoms with Gasteiger partial charge in [-0.3, -0.25) is 4.79 Å². The Labute approximate surface area is 178 Å². The highest BCUT2D eigenvalue weighted by Gasteiger charge is 2.45. The van der Waals surface area contributed by atoms with E-state index in [1.54, 1.807) is 7.05 Å². The van der Waals surface area contributed by atoms with Gasteiger partial charge in [0.25, 0.3) is 0 Å². The van der Waals surface area contributed by atoms with Gasteiger partial charge in [0.05, 0.1) is 35.9 Å². The highest BCUT2D eigenvalue weighted by atomic mass is 19.1. The lowest BCUT2D eigenvalue weighted by Crippen LogP contribution is -2.64. The van der Waals surface area contributed by atoms with E-state index in [1.807, 2.05) is 13.0 Å². The van der Waals surface area contributed by atoms with Crippen LogP contribution in [0.4, 0.5) is 10.3 Å². The monoisotopic (exact) mass is 422 g/mol. The number of aryl methyl sites for hydroxylation is 1. The molecule has 2 unspecified atom stereocenters. The molecule has 10 heteroatoms. The number of fused-ring (bicyclic) bond motifs is 1. The number of anilines is 1. The third-order valence-electron chi connectivity index (χ3n) is 5.93. The van der Waals surface area contributed by atoms with Crippen molar-refractivity contribution in [2.45, 2.75) is 44.3 Å². The van der Waals surface area contributed by atoms with Gasteiger partial charge in [-0.05, 0) is 50.5 Å². The van der Waals surface area contributed by atoms with E-state index < -0.39 is 11.9 Å². The molecular weight excluding hydrogens is 399 g/mol. The van der Waals surface area contributed by atoms with Gasteiger partial charge in [-0.1, -0.05) is 0 Å². The SMILES string of the molecule is CNc1nc(C)cc(C2C[C@@H]3CCC(C(=O)c4cc(F)ccc4-n4nccn4)NN23)n1. The lowest BCUT2D eigenvalue weighted by atomic mass is 9.84. The van der Waals surface area contributed by atoms with Crippen molar-refractivity contribution in [2.75, 3.05) is 12.4 Å². The van der Waals surface area contributed by atoms with Crippen LogP contribution >= 0.6 is 0 Å². The molecule has 0 saturated carbocycles. The molecule has 3 atom stereocenters. The Morgan fingerprint density at radius 1 is 1.19 bits per heavy atom. The predicted molar refractivity (Wildman–Crippen MR) is 111 cm³/mol. The molecule has 2 aromatic heterocycles. The molecule has 2 saturated heterocycles. The minimum Gasteiger partial charge on any atom is -0.357 e. The maximum atomic E-state index is 14.0. The Bertz CT molecular complexity index is 1120. The minimum atomic E-state index is -0.467.